The van der Waals surface area contributed by atoms with Gasteiger partial charge in [0.15, 0.2) is 0 Å². The van der Waals surface area contributed by atoms with Crippen molar-refractivity contribution in [3.63, 3.8) is 0 Å². The lowest BCUT2D eigenvalue weighted by atomic mass is 10.1. The molecule has 0 bridgehead atoms. The molecule has 1 atom stereocenters. The molecule has 0 saturated carbocycles. The van der Waals surface area contributed by atoms with Crippen LogP contribution in [0, 0.1) is 6.92 Å². The predicted molar refractivity (Wildman–Crippen MR) is 92.7 cm³/mol. The molecule has 0 aliphatic heterocycles. The molecule has 1 aromatic carbocycles. The van der Waals surface area contributed by atoms with Gasteiger partial charge in [0, 0.05) is 37.0 Å². The summed E-state index contributed by atoms with van der Waals surface area (Å²) in [4.78, 5) is 0. The number of aromatic nitrogens is 2. The van der Waals surface area contributed by atoms with Crippen LogP contribution >= 0.6 is 0 Å². The van der Waals surface area contributed by atoms with E-state index in [2.05, 4.69) is 42.5 Å². The lowest BCUT2D eigenvalue weighted by Gasteiger charge is -2.15. The summed E-state index contributed by atoms with van der Waals surface area (Å²) < 4.78 is 13.1. The lowest BCUT2D eigenvalue weighted by molar-refractivity contribution is 0.267. The first-order chi connectivity index (χ1) is 11.6. The van der Waals surface area contributed by atoms with E-state index < -0.39 is 0 Å². The monoisotopic (exact) mass is 325 g/mol. The maximum absolute atomic E-state index is 5.95. The van der Waals surface area contributed by atoms with E-state index >= 15 is 0 Å². The van der Waals surface area contributed by atoms with Crippen molar-refractivity contribution >= 4 is 0 Å². The Morgan fingerprint density at radius 3 is 2.92 bits per heavy atom. The maximum Gasteiger partial charge on any atom is 0.146 e. The predicted octanol–water partition coefficient (Wildman–Crippen LogP) is 3.75. The largest absolute Gasteiger partial charge is 0.485 e. The highest BCUT2D eigenvalue weighted by Gasteiger charge is 2.10. The average Bonchev–Trinajstić information content (AvgIpc) is 3.23. The number of ether oxygens (including phenoxy) is 1. The van der Waals surface area contributed by atoms with Crippen molar-refractivity contribution in [1.29, 1.82) is 0 Å². The van der Waals surface area contributed by atoms with Crippen LogP contribution in [0.5, 0.6) is 5.75 Å². The standard InChI is InChI=1S/C19H23N3O2/c1-14-6-7-16(10-20-15(2)17-11-21-22(3)12-17)19(9-14)24-13-18-5-4-8-23-18/h4-9,11-12,15,20H,10,13H2,1-3H3. The second kappa shape index (κ2) is 7.36. The summed E-state index contributed by atoms with van der Waals surface area (Å²) in [6.07, 6.45) is 5.58. The molecule has 0 radical (unpaired) electrons. The second-order valence-corrected chi connectivity index (χ2v) is 6.03. The topological polar surface area (TPSA) is 52.2 Å². The van der Waals surface area contributed by atoms with E-state index in [0.29, 0.717) is 6.61 Å². The van der Waals surface area contributed by atoms with E-state index in [9.17, 15) is 0 Å². The number of rotatable bonds is 7. The van der Waals surface area contributed by atoms with E-state index in [1.807, 2.05) is 36.3 Å². The van der Waals surface area contributed by atoms with Crippen molar-refractivity contribution in [3.8, 4) is 5.75 Å². The molecule has 0 aliphatic carbocycles. The molecule has 0 saturated heterocycles. The van der Waals surface area contributed by atoms with Crippen LogP contribution in [-0.2, 0) is 20.2 Å². The van der Waals surface area contributed by atoms with Crippen molar-refractivity contribution in [1.82, 2.24) is 15.1 Å². The molecule has 0 aliphatic rings. The molecular weight excluding hydrogens is 302 g/mol. The highest BCUT2D eigenvalue weighted by atomic mass is 16.5. The fraction of sp³-hybridized carbons (Fsp3) is 0.316. The zero-order chi connectivity index (χ0) is 16.9. The number of hydrogen-bond acceptors (Lipinski definition) is 4. The summed E-state index contributed by atoms with van der Waals surface area (Å²) in [5.41, 5.74) is 3.47. The zero-order valence-electron chi connectivity index (χ0n) is 14.3. The minimum atomic E-state index is 0.220. The third-order valence-corrected chi connectivity index (χ3v) is 4.00. The Morgan fingerprint density at radius 2 is 2.21 bits per heavy atom. The van der Waals surface area contributed by atoms with Crippen LogP contribution in [0.1, 0.15) is 35.4 Å². The first-order valence-corrected chi connectivity index (χ1v) is 8.08. The van der Waals surface area contributed by atoms with E-state index in [1.165, 1.54) is 11.1 Å². The number of aryl methyl sites for hydroxylation is 2. The van der Waals surface area contributed by atoms with E-state index in [0.717, 1.165) is 23.6 Å². The van der Waals surface area contributed by atoms with Crippen LogP contribution in [0.25, 0.3) is 0 Å². The van der Waals surface area contributed by atoms with Crippen LogP contribution in [0.3, 0.4) is 0 Å². The Morgan fingerprint density at radius 1 is 1.33 bits per heavy atom. The van der Waals surface area contributed by atoms with Crippen LogP contribution < -0.4 is 10.1 Å². The van der Waals surface area contributed by atoms with Crippen molar-refractivity contribution in [3.05, 3.63) is 71.4 Å². The van der Waals surface area contributed by atoms with Gasteiger partial charge in [-0.1, -0.05) is 12.1 Å². The highest BCUT2D eigenvalue weighted by Crippen LogP contribution is 2.23. The fourth-order valence-electron chi connectivity index (χ4n) is 2.53. The van der Waals surface area contributed by atoms with Crippen LogP contribution in [0.2, 0.25) is 0 Å². The van der Waals surface area contributed by atoms with Crippen molar-refractivity contribution in [2.75, 3.05) is 0 Å². The molecule has 0 fully saturated rings. The fourth-order valence-corrected chi connectivity index (χ4v) is 2.53. The molecule has 126 valence electrons. The molecule has 2 aromatic heterocycles. The zero-order valence-corrected chi connectivity index (χ0v) is 14.3. The Balaban J connectivity index is 1.65. The summed E-state index contributed by atoms with van der Waals surface area (Å²) in [6, 6.07) is 10.3. The minimum Gasteiger partial charge on any atom is -0.485 e. The van der Waals surface area contributed by atoms with Gasteiger partial charge in [-0.15, -0.1) is 0 Å². The molecule has 24 heavy (non-hydrogen) atoms. The van der Waals surface area contributed by atoms with Gasteiger partial charge in [0.05, 0.1) is 12.5 Å². The summed E-state index contributed by atoms with van der Waals surface area (Å²) in [7, 11) is 1.93. The molecular formula is C19H23N3O2. The molecule has 2 heterocycles. The van der Waals surface area contributed by atoms with E-state index in [1.54, 1.807) is 6.26 Å². The molecule has 1 unspecified atom stereocenters. The smallest absolute Gasteiger partial charge is 0.146 e. The maximum atomic E-state index is 5.95. The third kappa shape index (κ3) is 4.06. The minimum absolute atomic E-state index is 0.220. The third-order valence-electron chi connectivity index (χ3n) is 4.00. The molecule has 0 amide bonds. The Kier molecular flexibility index (Phi) is 5.01. The SMILES string of the molecule is Cc1ccc(CNC(C)c2cnn(C)c2)c(OCc2ccco2)c1. The Hall–Kier alpha value is -2.53. The molecule has 5 heteroatoms. The molecule has 5 nitrogen and oxygen atoms in total. The molecule has 0 spiro atoms. The van der Waals surface area contributed by atoms with Gasteiger partial charge in [-0.05, 0) is 37.6 Å². The summed E-state index contributed by atoms with van der Waals surface area (Å²) in [5.74, 6) is 1.71. The molecule has 3 rings (SSSR count). The van der Waals surface area contributed by atoms with E-state index in [-0.39, 0.29) is 6.04 Å². The number of nitrogens with zero attached hydrogens (tertiary/aromatic N) is 2. The van der Waals surface area contributed by atoms with Gasteiger partial charge < -0.3 is 14.5 Å². The molecule has 1 N–H and O–H groups in total. The van der Waals surface area contributed by atoms with Crippen LogP contribution in [0.15, 0.2) is 53.4 Å². The number of hydrogen-bond donors (Lipinski definition) is 1. The van der Waals surface area contributed by atoms with Gasteiger partial charge in [-0.3, -0.25) is 4.68 Å². The van der Waals surface area contributed by atoms with Crippen LogP contribution in [0.4, 0.5) is 0 Å². The van der Waals surface area contributed by atoms with Gasteiger partial charge in [0.1, 0.15) is 18.1 Å². The van der Waals surface area contributed by atoms with Gasteiger partial charge in [0.2, 0.25) is 0 Å². The van der Waals surface area contributed by atoms with E-state index in [4.69, 9.17) is 9.15 Å². The number of furan rings is 1. The summed E-state index contributed by atoms with van der Waals surface area (Å²) in [5, 5.41) is 7.75. The quantitative estimate of drug-likeness (QED) is 0.719. The van der Waals surface area contributed by atoms with Gasteiger partial charge >= 0.3 is 0 Å². The first-order valence-electron chi connectivity index (χ1n) is 8.08. The first kappa shape index (κ1) is 16.3. The second-order valence-electron chi connectivity index (χ2n) is 6.03. The lowest BCUT2D eigenvalue weighted by Crippen LogP contribution is -2.18. The van der Waals surface area contributed by atoms with Crippen molar-refractivity contribution in [2.24, 2.45) is 7.05 Å². The number of benzene rings is 1. The van der Waals surface area contributed by atoms with Crippen molar-refractivity contribution in [2.45, 2.75) is 33.0 Å². The van der Waals surface area contributed by atoms with Crippen molar-refractivity contribution < 1.29 is 9.15 Å². The molecule has 3 aromatic rings. The Labute approximate surface area is 142 Å². The van der Waals surface area contributed by atoms with Gasteiger partial charge in [0.25, 0.3) is 0 Å². The Bertz CT molecular complexity index is 778. The van der Waals surface area contributed by atoms with Gasteiger partial charge in [-0.2, -0.15) is 5.10 Å². The normalized spacial score (nSPS) is 12.3. The van der Waals surface area contributed by atoms with Gasteiger partial charge in [-0.25, -0.2) is 0 Å². The number of nitrogens with one attached hydrogen (secondary N) is 1. The highest BCUT2D eigenvalue weighted by molar-refractivity contribution is 5.37. The summed E-state index contributed by atoms with van der Waals surface area (Å²) in [6.45, 7) is 5.36. The average molecular weight is 325 g/mol. The van der Waals surface area contributed by atoms with Crippen LogP contribution in [-0.4, -0.2) is 9.78 Å². The summed E-state index contributed by atoms with van der Waals surface area (Å²) >= 11 is 0.